The zero-order valence-electron chi connectivity index (χ0n) is 20.8. The molecule has 5 nitrogen and oxygen atoms in total. The number of pyridine rings is 1. The Morgan fingerprint density at radius 3 is 2.51 bits per heavy atom. The Hall–Kier alpha value is -4.01. The van der Waals surface area contributed by atoms with Crippen molar-refractivity contribution in [1.29, 1.82) is 0 Å². The maximum atomic E-state index is 13.7. The smallest absolute Gasteiger partial charge is 0.174 e. The molecule has 3 aromatic carbocycles. The molecule has 0 spiro atoms. The predicted octanol–water partition coefficient (Wildman–Crippen LogP) is 8.52. The number of aromatic nitrogens is 1. The molecule has 0 aliphatic carbocycles. The van der Waals surface area contributed by atoms with Gasteiger partial charge in [0.05, 0.1) is 11.7 Å². The van der Waals surface area contributed by atoms with Gasteiger partial charge in [0.15, 0.2) is 5.11 Å². The summed E-state index contributed by atoms with van der Waals surface area (Å²) < 4.78 is 26.8. The van der Waals surface area contributed by atoms with E-state index in [1.807, 2.05) is 90.7 Å². The second kappa shape index (κ2) is 10.6. The summed E-state index contributed by atoms with van der Waals surface area (Å²) in [5.41, 5.74) is 3.54. The summed E-state index contributed by atoms with van der Waals surface area (Å²) in [4.78, 5) is 6.63. The zero-order chi connectivity index (χ0) is 26.9. The summed E-state index contributed by atoms with van der Waals surface area (Å²) in [5, 5.41) is 4.00. The number of nitrogens with one attached hydrogen (secondary N) is 1. The summed E-state index contributed by atoms with van der Waals surface area (Å²) in [6, 6.07) is 29.3. The lowest BCUT2D eigenvalue weighted by Crippen LogP contribution is -2.29. The maximum Gasteiger partial charge on any atom is 0.174 e. The highest BCUT2D eigenvalue weighted by atomic mass is 79.9. The van der Waals surface area contributed by atoms with Crippen LogP contribution in [0.5, 0.6) is 11.5 Å². The Bertz CT molecular complexity index is 1640. The molecule has 2 atom stereocenters. The lowest BCUT2D eigenvalue weighted by molar-refractivity contribution is 0.439. The van der Waals surface area contributed by atoms with E-state index in [9.17, 15) is 4.39 Å². The SMILES string of the molecule is Cc1ccccc1Oc1ccc(N2C(=S)NC(c3ccccn3)C2c2ccc(-c3ccc(F)cc3Br)o2)cc1. The minimum Gasteiger partial charge on any atom is -0.459 e. The molecule has 2 unspecified atom stereocenters. The van der Waals surface area contributed by atoms with Crippen LogP contribution in [0.25, 0.3) is 11.3 Å². The van der Waals surface area contributed by atoms with E-state index in [2.05, 4.69) is 26.2 Å². The van der Waals surface area contributed by atoms with E-state index in [1.165, 1.54) is 12.1 Å². The molecule has 3 heterocycles. The van der Waals surface area contributed by atoms with Crippen LogP contribution in [-0.4, -0.2) is 10.1 Å². The molecule has 1 fully saturated rings. The van der Waals surface area contributed by atoms with Crippen molar-refractivity contribution in [3.05, 3.63) is 131 Å². The van der Waals surface area contributed by atoms with Crippen molar-refractivity contribution in [2.45, 2.75) is 19.0 Å². The van der Waals surface area contributed by atoms with Crippen molar-refractivity contribution in [2.75, 3.05) is 4.90 Å². The number of para-hydroxylation sites is 1. The molecule has 1 N–H and O–H groups in total. The van der Waals surface area contributed by atoms with Gasteiger partial charge >= 0.3 is 0 Å². The number of aryl methyl sites for hydroxylation is 1. The van der Waals surface area contributed by atoms with Gasteiger partial charge in [0.1, 0.15) is 34.9 Å². The molecule has 0 bridgehead atoms. The first-order chi connectivity index (χ1) is 19.0. The molecule has 0 amide bonds. The first kappa shape index (κ1) is 25.3. The molecular formula is C31H23BrFN3O2S. The average Bonchev–Trinajstić information content (AvgIpc) is 3.55. The first-order valence-corrected chi connectivity index (χ1v) is 13.6. The Labute approximate surface area is 239 Å². The third-order valence-corrected chi connectivity index (χ3v) is 7.62. The van der Waals surface area contributed by atoms with Crippen molar-refractivity contribution in [3.8, 4) is 22.8 Å². The standard InChI is InChI=1S/C31H23BrFN3O2S/c1-19-6-2-3-8-26(19)37-22-12-10-21(11-13-22)36-30(29(35-31(36)39)25-7-4-5-17-34-25)28-16-15-27(38-28)23-14-9-20(33)18-24(23)32/h2-18,29-30H,1H3,(H,35,39). The van der Waals surface area contributed by atoms with Crippen molar-refractivity contribution in [3.63, 3.8) is 0 Å². The second-order valence-electron chi connectivity index (χ2n) is 9.18. The molecule has 0 radical (unpaired) electrons. The van der Waals surface area contributed by atoms with Gasteiger partial charge in [-0.3, -0.25) is 4.98 Å². The van der Waals surface area contributed by atoms with E-state index in [-0.39, 0.29) is 17.9 Å². The summed E-state index contributed by atoms with van der Waals surface area (Å²) >= 11 is 9.28. The highest BCUT2D eigenvalue weighted by Crippen LogP contribution is 2.44. The lowest BCUT2D eigenvalue weighted by atomic mass is 10.0. The quantitative estimate of drug-likeness (QED) is 0.197. The fraction of sp³-hybridized carbons (Fsp3) is 0.0968. The van der Waals surface area contributed by atoms with E-state index in [0.29, 0.717) is 21.1 Å². The number of rotatable bonds is 6. The molecule has 1 aliphatic rings. The predicted molar refractivity (Wildman–Crippen MR) is 157 cm³/mol. The summed E-state index contributed by atoms with van der Waals surface area (Å²) in [5.74, 6) is 2.54. The number of halogens is 2. The van der Waals surface area contributed by atoms with Crippen LogP contribution < -0.4 is 15.0 Å². The highest BCUT2D eigenvalue weighted by Gasteiger charge is 2.42. The number of anilines is 1. The fourth-order valence-electron chi connectivity index (χ4n) is 4.74. The molecule has 1 saturated heterocycles. The van der Waals surface area contributed by atoms with Gasteiger partial charge in [-0.1, -0.05) is 24.3 Å². The van der Waals surface area contributed by atoms with Crippen molar-refractivity contribution in [1.82, 2.24) is 10.3 Å². The molecule has 39 heavy (non-hydrogen) atoms. The summed E-state index contributed by atoms with van der Waals surface area (Å²) in [6.07, 6.45) is 1.76. The Morgan fingerprint density at radius 1 is 0.974 bits per heavy atom. The van der Waals surface area contributed by atoms with Crippen LogP contribution in [-0.2, 0) is 0 Å². The Balaban J connectivity index is 1.36. The number of benzene rings is 3. The lowest BCUT2D eigenvalue weighted by Gasteiger charge is -2.26. The van der Waals surface area contributed by atoms with Gasteiger partial charge in [-0.2, -0.15) is 0 Å². The molecule has 2 aromatic heterocycles. The average molecular weight is 601 g/mol. The highest BCUT2D eigenvalue weighted by molar-refractivity contribution is 9.10. The van der Waals surface area contributed by atoms with E-state index in [4.69, 9.17) is 21.4 Å². The number of ether oxygens (including phenoxy) is 1. The van der Waals surface area contributed by atoms with Crippen LogP contribution in [0.3, 0.4) is 0 Å². The monoisotopic (exact) mass is 599 g/mol. The fourth-order valence-corrected chi connectivity index (χ4v) is 5.63. The molecule has 8 heteroatoms. The normalized spacial score (nSPS) is 16.8. The minimum absolute atomic E-state index is 0.253. The summed E-state index contributed by atoms with van der Waals surface area (Å²) in [6.45, 7) is 2.02. The number of furan rings is 1. The third-order valence-electron chi connectivity index (χ3n) is 6.65. The van der Waals surface area contributed by atoms with Crippen molar-refractivity contribution >= 4 is 38.9 Å². The van der Waals surface area contributed by atoms with Crippen LogP contribution in [0, 0.1) is 12.7 Å². The van der Waals surface area contributed by atoms with Gasteiger partial charge in [-0.05, 0) is 113 Å². The molecule has 1 aliphatic heterocycles. The maximum absolute atomic E-state index is 13.7. The molecule has 0 saturated carbocycles. The van der Waals surface area contributed by atoms with Crippen molar-refractivity contribution < 1.29 is 13.5 Å². The minimum atomic E-state index is -0.320. The van der Waals surface area contributed by atoms with E-state index in [0.717, 1.165) is 34.0 Å². The van der Waals surface area contributed by atoms with Gasteiger partial charge in [0.25, 0.3) is 0 Å². The largest absolute Gasteiger partial charge is 0.459 e. The number of hydrogen-bond donors (Lipinski definition) is 1. The summed E-state index contributed by atoms with van der Waals surface area (Å²) in [7, 11) is 0. The van der Waals surface area contributed by atoms with E-state index >= 15 is 0 Å². The Kier molecular flexibility index (Phi) is 6.89. The topological polar surface area (TPSA) is 50.5 Å². The molecule has 6 rings (SSSR count). The molecule has 194 valence electrons. The van der Waals surface area contributed by atoms with Gasteiger partial charge in [0.2, 0.25) is 0 Å². The molecular weight excluding hydrogens is 577 g/mol. The van der Waals surface area contributed by atoms with Crippen LogP contribution in [0.15, 0.2) is 112 Å². The Morgan fingerprint density at radius 2 is 1.77 bits per heavy atom. The van der Waals surface area contributed by atoms with Gasteiger partial charge in [0, 0.05) is 21.9 Å². The number of hydrogen-bond acceptors (Lipinski definition) is 4. The van der Waals surface area contributed by atoms with E-state index < -0.39 is 0 Å². The number of thiocarbonyl (C=S) groups is 1. The van der Waals surface area contributed by atoms with Crippen LogP contribution in [0.4, 0.5) is 10.1 Å². The van der Waals surface area contributed by atoms with Gasteiger partial charge < -0.3 is 19.4 Å². The third kappa shape index (κ3) is 5.05. The zero-order valence-corrected chi connectivity index (χ0v) is 23.2. The van der Waals surface area contributed by atoms with Crippen LogP contribution >= 0.6 is 28.1 Å². The molecule has 5 aromatic rings. The van der Waals surface area contributed by atoms with Crippen LogP contribution in [0.2, 0.25) is 0 Å². The number of nitrogens with zero attached hydrogens (tertiary/aromatic N) is 2. The van der Waals surface area contributed by atoms with Crippen LogP contribution in [0.1, 0.15) is 29.1 Å². The van der Waals surface area contributed by atoms with E-state index in [1.54, 1.807) is 12.3 Å². The first-order valence-electron chi connectivity index (χ1n) is 12.4. The van der Waals surface area contributed by atoms with Gasteiger partial charge in [-0.25, -0.2) is 4.39 Å². The second-order valence-corrected chi connectivity index (χ2v) is 10.4. The van der Waals surface area contributed by atoms with Crippen molar-refractivity contribution in [2.24, 2.45) is 0 Å². The van der Waals surface area contributed by atoms with Gasteiger partial charge in [-0.15, -0.1) is 0 Å².